The highest BCUT2D eigenvalue weighted by atomic mass is 32.2. The lowest BCUT2D eigenvalue weighted by Crippen LogP contribution is -2.50. The molecule has 0 bridgehead atoms. The van der Waals surface area contributed by atoms with Gasteiger partial charge in [0.05, 0.1) is 19.5 Å². The van der Waals surface area contributed by atoms with Crippen LogP contribution in [0.4, 0.5) is 0 Å². The van der Waals surface area contributed by atoms with Gasteiger partial charge in [-0.05, 0) is 36.1 Å². The van der Waals surface area contributed by atoms with Crippen molar-refractivity contribution in [3.8, 4) is 5.75 Å². The molecule has 2 atom stereocenters. The zero-order chi connectivity index (χ0) is 17.7. The largest absolute Gasteiger partial charge is 0.493 e. The molecule has 1 aromatic carbocycles. The predicted octanol–water partition coefficient (Wildman–Crippen LogP) is 0.697. The molecule has 2 fully saturated rings. The molecule has 0 aromatic heterocycles. The number of hydrogen-bond donors (Lipinski definition) is 1. The second-order valence-corrected chi connectivity index (χ2v) is 9.80. The molecule has 7 heteroatoms. The SMILES string of the molecule is CS(=O)(=O)N1C[C@H]2CCN(Cc3ccc4c(c3)CCO4)C[C@@]2(CO)C1. The van der Waals surface area contributed by atoms with E-state index in [1.54, 1.807) is 4.31 Å². The highest BCUT2D eigenvalue weighted by molar-refractivity contribution is 7.88. The van der Waals surface area contributed by atoms with Crippen molar-refractivity contribution >= 4 is 10.0 Å². The fourth-order valence-electron chi connectivity index (χ4n) is 4.64. The van der Waals surface area contributed by atoms with Gasteiger partial charge >= 0.3 is 0 Å². The molecule has 0 aliphatic carbocycles. The smallest absolute Gasteiger partial charge is 0.211 e. The summed E-state index contributed by atoms with van der Waals surface area (Å²) in [5, 5.41) is 10.1. The summed E-state index contributed by atoms with van der Waals surface area (Å²) in [7, 11) is -3.20. The zero-order valence-electron chi connectivity index (χ0n) is 14.6. The second kappa shape index (κ2) is 6.23. The molecule has 1 N–H and O–H groups in total. The Bertz CT molecular complexity index is 766. The number of sulfonamides is 1. The summed E-state index contributed by atoms with van der Waals surface area (Å²) in [5.74, 6) is 1.24. The van der Waals surface area contributed by atoms with Crippen LogP contribution in [0.25, 0.3) is 0 Å². The van der Waals surface area contributed by atoms with Crippen molar-refractivity contribution in [1.29, 1.82) is 0 Å². The average Bonchev–Trinajstić information content (AvgIpc) is 3.18. The van der Waals surface area contributed by atoms with E-state index in [0.29, 0.717) is 13.1 Å². The van der Waals surface area contributed by atoms with Gasteiger partial charge in [0.1, 0.15) is 5.75 Å². The summed E-state index contributed by atoms with van der Waals surface area (Å²) in [6, 6.07) is 6.38. The summed E-state index contributed by atoms with van der Waals surface area (Å²) in [5.41, 5.74) is 2.20. The molecule has 0 amide bonds. The van der Waals surface area contributed by atoms with E-state index < -0.39 is 10.0 Å². The minimum atomic E-state index is -3.20. The molecule has 3 heterocycles. The first-order chi connectivity index (χ1) is 11.9. The number of rotatable bonds is 4. The molecular formula is C18H26N2O4S. The lowest BCUT2D eigenvalue weighted by molar-refractivity contribution is 0.00883. The van der Waals surface area contributed by atoms with Crippen molar-refractivity contribution < 1.29 is 18.3 Å². The monoisotopic (exact) mass is 366 g/mol. The maximum atomic E-state index is 11.9. The van der Waals surface area contributed by atoms with Crippen LogP contribution in [-0.2, 0) is 23.0 Å². The number of aliphatic hydroxyl groups excluding tert-OH is 1. The van der Waals surface area contributed by atoms with Crippen molar-refractivity contribution in [2.75, 3.05) is 45.6 Å². The molecule has 0 unspecified atom stereocenters. The maximum absolute atomic E-state index is 11.9. The van der Waals surface area contributed by atoms with Gasteiger partial charge in [0.2, 0.25) is 10.0 Å². The van der Waals surface area contributed by atoms with E-state index in [1.807, 2.05) is 6.07 Å². The van der Waals surface area contributed by atoms with E-state index in [1.165, 1.54) is 17.4 Å². The third-order valence-electron chi connectivity index (χ3n) is 6.06. The van der Waals surface area contributed by atoms with E-state index in [-0.39, 0.29) is 17.9 Å². The van der Waals surface area contributed by atoms with Crippen molar-refractivity contribution in [1.82, 2.24) is 9.21 Å². The van der Waals surface area contributed by atoms with E-state index in [9.17, 15) is 13.5 Å². The number of nitrogens with zero attached hydrogens (tertiary/aromatic N) is 2. The van der Waals surface area contributed by atoms with Crippen LogP contribution < -0.4 is 4.74 Å². The van der Waals surface area contributed by atoms with Crippen LogP contribution in [-0.4, -0.2) is 68.4 Å². The van der Waals surface area contributed by atoms with E-state index in [0.717, 1.165) is 44.8 Å². The average molecular weight is 366 g/mol. The Balaban J connectivity index is 1.49. The Morgan fingerprint density at radius 1 is 1.36 bits per heavy atom. The van der Waals surface area contributed by atoms with E-state index in [4.69, 9.17) is 4.74 Å². The molecule has 1 aromatic rings. The molecule has 6 nitrogen and oxygen atoms in total. The van der Waals surface area contributed by atoms with Crippen LogP contribution in [0.15, 0.2) is 18.2 Å². The summed E-state index contributed by atoms with van der Waals surface area (Å²) >= 11 is 0. The highest BCUT2D eigenvalue weighted by Crippen LogP contribution is 2.43. The first-order valence-electron chi connectivity index (χ1n) is 8.93. The molecule has 138 valence electrons. The summed E-state index contributed by atoms with van der Waals surface area (Å²) in [4.78, 5) is 2.36. The predicted molar refractivity (Wildman–Crippen MR) is 95.0 cm³/mol. The van der Waals surface area contributed by atoms with Gasteiger partial charge in [-0.25, -0.2) is 12.7 Å². The first kappa shape index (κ1) is 17.3. The third-order valence-corrected chi connectivity index (χ3v) is 7.27. The number of fused-ring (bicyclic) bond motifs is 2. The van der Waals surface area contributed by atoms with E-state index >= 15 is 0 Å². The van der Waals surface area contributed by atoms with E-state index in [2.05, 4.69) is 17.0 Å². The molecule has 4 rings (SSSR count). The maximum Gasteiger partial charge on any atom is 0.211 e. The Labute approximate surface area is 149 Å². The standard InChI is InChI=1S/C18H26N2O4S/c1-25(22,23)20-10-16-4-6-19(11-18(16,12-20)13-21)9-14-2-3-17-15(8-14)5-7-24-17/h2-3,8,16,21H,4-7,9-13H2,1H3/t16-,18+/m1/s1. The van der Waals surface area contributed by atoms with Gasteiger partial charge in [0, 0.05) is 38.0 Å². The van der Waals surface area contributed by atoms with Crippen LogP contribution in [0.3, 0.4) is 0 Å². The fraction of sp³-hybridized carbons (Fsp3) is 0.667. The van der Waals surface area contributed by atoms with Gasteiger partial charge in [-0.3, -0.25) is 4.90 Å². The normalized spacial score (nSPS) is 30.1. The van der Waals surface area contributed by atoms with Crippen LogP contribution in [0, 0.1) is 11.3 Å². The molecule has 2 saturated heterocycles. The summed E-state index contributed by atoms with van der Waals surface area (Å²) in [6.45, 7) is 4.30. The lowest BCUT2D eigenvalue weighted by Gasteiger charge is -2.43. The number of ether oxygens (including phenoxy) is 1. The molecule has 0 radical (unpaired) electrons. The zero-order valence-corrected chi connectivity index (χ0v) is 15.5. The Kier molecular flexibility index (Phi) is 4.30. The number of piperidine rings is 1. The van der Waals surface area contributed by atoms with Gasteiger partial charge in [0.15, 0.2) is 0 Å². The van der Waals surface area contributed by atoms with Crippen molar-refractivity contribution in [2.24, 2.45) is 11.3 Å². The number of benzene rings is 1. The number of likely N-dealkylation sites (tertiary alicyclic amines) is 1. The highest BCUT2D eigenvalue weighted by Gasteiger charge is 2.51. The third kappa shape index (κ3) is 3.18. The first-order valence-corrected chi connectivity index (χ1v) is 10.8. The van der Waals surface area contributed by atoms with Crippen LogP contribution >= 0.6 is 0 Å². The number of aliphatic hydroxyl groups is 1. The van der Waals surface area contributed by atoms with Crippen LogP contribution in [0.2, 0.25) is 0 Å². The van der Waals surface area contributed by atoms with Gasteiger partial charge in [-0.2, -0.15) is 0 Å². The van der Waals surface area contributed by atoms with Crippen LogP contribution in [0.1, 0.15) is 17.5 Å². The fourth-order valence-corrected chi connectivity index (χ4v) is 5.58. The molecule has 25 heavy (non-hydrogen) atoms. The minimum Gasteiger partial charge on any atom is -0.493 e. The van der Waals surface area contributed by atoms with Crippen molar-refractivity contribution in [3.05, 3.63) is 29.3 Å². The van der Waals surface area contributed by atoms with Gasteiger partial charge in [-0.15, -0.1) is 0 Å². The Morgan fingerprint density at radius 2 is 2.20 bits per heavy atom. The second-order valence-electron chi connectivity index (χ2n) is 7.81. The molecule has 3 aliphatic heterocycles. The lowest BCUT2D eigenvalue weighted by atomic mass is 9.74. The summed E-state index contributed by atoms with van der Waals surface area (Å²) in [6.07, 6.45) is 3.16. The minimum absolute atomic E-state index is 0.0399. The van der Waals surface area contributed by atoms with Crippen molar-refractivity contribution in [3.63, 3.8) is 0 Å². The van der Waals surface area contributed by atoms with Gasteiger partial charge in [0.25, 0.3) is 0 Å². The Morgan fingerprint density at radius 3 is 2.96 bits per heavy atom. The van der Waals surface area contributed by atoms with Gasteiger partial charge in [-0.1, -0.05) is 12.1 Å². The Hall–Kier alpha value is -1.15. The molecular weight excluding hydrogens is 340 g/mol. The summed E-state index contributed by atoms with van der Waals surface area (Å²) < 4.78 is 31.0. The number of hydrogen-bond acceptors (Lipinski definition) is 5. The topological polar surface area (TPSA) is 70.1 Å². The quantitative estimate of drug-likeness (QED) is 0.849. The van der Waals surface area contributed by atoms with Crippen LogP contribution in [0.5, 0.6) is 5.75 Å². The van der Waals surface area contributed by atoms with Crippen molar-refractivity contribution in [2.45, 2.75) is 19.4 Å². The van der Waals surface area contributed by atoms with Gasteiger partial charge < -0.3 is 9.84 Å². The molecule has 3 aliphatic rings. The molecule has 0 spiro atoms. The molecule has 0 saturated carbocycles.